The molecule has 0 saturated heterocycles. The Bertz CT molecular complexity index is 494. The Morgan fingerprint density at radius 1 is 1.65 bits per heavy atom. The van der Waals surface area contributed by atoms with Crippen LogP contribution in [0.4, 0.5) is 10.2 Å². The van der Waals surface area contributed by atoms with E-state index in [1.807, 2.05) is 0 Å². The number of carbonyl (C=O) groups is 1. The number of anilines is 1. The molecular formula is C9H8ClFN4O2. The quantitative estimate of drug-likeness (QED) is 0.608. The molecule has 0 bridgehead atoms. The van der Waals surface area contributed by atoms with Crippen LogP contribution in [0, 0.1) is 5.82 Å². The average molecular weight is 259 g/mol. The number of nitrogens with zero attached hydrogens (tertiary/aromatic N) is 2. The summed E-state index contributed by atoms with van der Waals surface area (Å²) in [5.41, 5.74) is 5.10. The molecule has 1 aromatic heterocycles. The molecule has 6 nitrogen and oxygen atoms in total. The second kappa shape index (κ2) is 4.56. The molecule has 2 N–H and O–H groups in total. The van der Waals surface area contributed by atoms with Crippen LogP contribution in [0.25, 0.3) is 0 Å². The van der Waals surface area contributed by atoms with Gasteiger partial charge in [-0.05, 0) is 6.07 Å². The van der Waals surface area contributed by atoms with E-state index < -0.39 is 11.8 Å². The number of hydrogen-bond acceptors (Lipinski definition) is 6. The van der Waals surface area contributed by atoms with Crippen molar-refractivity contribution in [1.82, 2.24) is 15.9 Å². The fraction of sp³-hybridized carbons (Fsp3) is 0.111. The highest BCUT2D eigenvalue weighted by Gasteiger charge is 2.20. The summed E-state index contributed by atoms with van der Waals surface area (Å²) in [4.78, 5) is 15.0. The Hall–Kier alpha value is -1.86. The van der Waals surface area contributed by atoms with Crippen LogP contribution < -0.4 is 16.0 Å². The van der Waals surface area contributed by atoms with Crippen molar-refractivity contribution in [3.63, 3.8) is 0 Å². The van der Waals surface area contributed by atoms with E-state index >= 15 is 0 Å². The Labute approximate surface area is 101 Å². The summed E-state index contributed by atoms with van der Waals surface area (Å²) >= 11 is 5.78. The maximum atomic E-state index is 13.7. The lowest BCUT2D eigenvalue weighted by atomic mass is 10.2. The number of rotatable bonds is 2. The van der Waals surface area contributed by atoms with E-state index in [1.54, 1.807) is 6.20 Å². The van der Waals surface area contributed by atoms with Crippen molar-refractivity contribution in [1.29, 1.82) is 0 Å². The number of methoxy groups -OCH3 is 1. The Morgan fingerprint density at radius 2 is 2.41 bits per heavy atom. The first-order valence-corrected chi connectivity index (χ1v) is 4.92. The second-order valence-corrected chi connectivity index (χ2v) is 3.42. The lowest BCUT2D eigenvalue weighted by Crippen LogP contribution is -2.36. The van der Waals surface area contributed by atoms with Gasteiger partial charge in [0.15, 0.2) is 11.6 Å². The maximum Gasteiger partial charge on any atom is 0.341 e. The van der Waals surface area contributed by atoms with E-state index in [-0.39, 0.29) is 16.5 Å². The Kier molecular flexibility index (Phi) is 3.12. The van der Waals surface area contributed by atoms with Crippen LogP contribution in [-0.2, 0) is 4.74 Å². The van der Waals surface area contributed by atoms with Gasteiger partial charge in [-0.3, -0.25) is 0 Å². The van der Waals surface area contributed by atoms with Gasteiger partial charge in [0, 0.05) is 12.4 Å². The molecule has 1 aliphatic heterocycles. The van der Waals surface area contributed by atoms with Gasteiger partial charge in [0.1, 0.15) is 10.7 Å². The minimum atomic E-state index is -0.740. The molecule has 0 amide bonds. The Balaban J connectivity index is 2.41. The normalized spacial score (nSPS) is 13.7. The van der Waals surface area contributed by atoms with Gasteiger partial charge < -0.3 is 10.2 Å². The van der Waals surface area contributed by atoms with Crippen LogP contribution in [0.15, 0.2) is 18.5 Å². The van der Waals surface area contributed by atoms with Gasteiger partial charge in [-0.2, -0.15) is 0 Å². The number of pyridine rings is 1. The highest BCUT2D eigenvalue weighted by Crippen LogP contribution is 2.23. The first-order valence-electron chi connectivity index (χ1n) is 4.55. The highest BCUT2D eigenvalue weighted by atomic mass is 35.5. The van der Waals surface area contributed by atoms with Crippen LogP contribution in [0.1, 0.15) is 10.4 Å². The number of carbonyl (C=O) groups excluding carboxylic acids is 1. The van der Waals surface area contributed by atoms with Crippen molar-refractivity contribution in [2.24, 2.45) is 0 Å². The molecule has 0 spiro atoms. The first-order chi connectivity index (χ1) is 8.13. The molecule has 1 aliphatic rings. The van der Waals surface area contributed by atoms with E-state index in [1.165, 1.54) is 18.3 Å². The largest absolute Gasteiger partial charge is 0.465 e. The fourth-order valence-electron chi connectivity index (χ4n) is 1.26. The van der Waals surface area contributed by atoms with E-state index in [9.17, 15) is 9.18 Å². The fourth-order valence-corrected chi connectivity index (χ4v) is 1.47. The van der Waals surface area contributed by atoms with Crippen molar-refractivity contribution < 1.29 is 13.9 Å². The molecule has 0 atom stereocenters. The summed E-state index contributed by atoms with van der Waals surface area (Å²) in [6.45, 7) is 0. The number of halogens is 2. The number of hydrazine groups is 2. The van der Waals surface area contributed by atoms with Crippen LogP contribution in [0.3, 0.4) is 0 Å². The Morgan fingerprint density at radius 3 is 3.00 bits per heavy atom. The van der Waals surface area contributed by atoms with Gasteiger partial charge in [-0.15, -0.1) is 5.53 Å². The van der Waals surface area contributed by atoms with Crippen LogP contribution in [-0.4, -0.2) is 18.1 Å². The van der Waals surface area contributed by atoms with Crippen LogP contribution in [0.5, 0.6) is 0 Å². The molecule has 0 saturated carbocycles. The zero-order valence-electron chi connectivity index (χ0n) is 8.70. The third kappa shape index (κ3) is 2.15. The molecule has 90 valence electrons. The lowest BCUT2D eigenvalue weighted by Gasteiger charge is -2.15. The number of ether oxygens (including phenoxy) is 1. The zero-order valence-corrected chi connectivity index (χ0v) is 9.45. The molecule has 1 aromatic rings. The van der Waals surface area contributed by atoms with Crippen molar-refractivity contribution in [2.75, 3.05) is 12.1 Å². The number of esters is 1. The predicted molar refractivity (Wildman–Crippen MR) is 58.4 cm³/mol. The molecule has 0 unspecified atom stereocenters. The maximum absolute atomic E-state index is 13.7. The number of aromatic nitrogens is 1. The molecule has 2 rings (SSSR count). The van der Waals surface area contributed by atoms with Gasteiger partial charge >= 0.3 is 5.97 Å². The van der Waals surface area contributed by atoms with E-state index in [0.29, 0.717) is 0 Å². The van der Waals surface area contributed by atoms with E-state index in [2.05, 4.69) is 20.7 Å². The van der Waals surface area contributed by atoms with Gasteiger partial charge in [0.2, 0.25) is 0 Å². The first kappa shape index (κ1) is 11.6. The third-order valence-corrected chi connectivity index (χ3v) is 2.32. The minimum absolute atomic E-state index is 0.0519. The summed E-state index contributed by atoms with van der Waals surface area (Å²) in [5, 5.41) is 1.15. The lowest BCUT2D eigenvalue weighted by molar-refractivity contribution is 0.0600. The summed E-state index contributed by atoms with van der Waals surface area (Å²) in [7, 11) is 1.18. The molecule has 0 aromatic carbocycles. The molecule has 2 heterocycles. The number of nitrogens with one attached hydrogen (secondary N) is 2. The van der Waals surface area contributed by atoms with Gasteiger partial charge in [0.05, 0.1) is 7.11 Å². The SMILES string of the molecule is COC(=O)c1cc(F)c(N2C=CNN2)nc1Cl. The zero-order chi connectivity index (χ0) is 12.4. The minimum Gasteiger partial charge on any atom is -0.465 e. The predicted octanol–water partition coefficient (Wildman–Crippen LogP) is 0.961. The second-order valence-electron chi connectivity index (χ2n) is 3.07. The molecule has 17 heavy (non-hydrogen) atoms. The highest BCUT2D eigenvalue weighted by molar-refractivity contribution is 6.32. The van der Waals surface area contributed by atoms with E-state index in [4.69, 9.17) is 11.6 Å². The molecule has 0 fully saturated rings. The van der Waals surface area contributed by atoms with Crippen LogP contribution in [0.2, 0.25) is 5.15 Å². The third-order valence-electron chi connectivity index (χ3n) is 2.04. The summed E-state index contributed by atoms with van der Waals surface area (Å²) in [5.74, 6) is -1.49. The summed E-state index contributed by atoms with van der Waals surface area (Å²) in [6.07, 6.45) is 3.06. The van der Waals surface area contributed by atoms with Crippen molar-refractivity contribution in [3.05, 3.63) is 35.0 Å². The summed E-state index contributed by atoms with van der Waals surface area (Å²) < 4.78 is 18.2. The standard InChI is InChI=1S/C9H8ClFN4O2/c1-17-9(16)5-4-6(11)8(13-7(5)10)15-3-2-12-14-15/h2-4,12,14H,1H3. The summed E-state index contributed by atoms with van der Waals surface area (Å²) in [6, 6.07) is 0.977. The van der Waals surface area contributed by atoms with Crippen LogP contribution >= 0.6 is 11.6 Å². The van der Waals surface area contributed by atoms with Gasteiger partial charge in [-0.25, -0.2) is 19.2 Å². The molecule has 0 aliphatic carbocycles. The topological polar surface area (TPSA) is 66.5 Å². The number of hydrogen-bond donors (Lipinski definition) is 2. The van der Waals surface area contributed by atoms with Crippen molar-refractivity contribution >= 4 is 23.4 Å². The monoisotopic (exact) mass is 258 g/mol. The van der Waals surface area contributed by atoms with Crippen molar-refractivity contribution in [3.8, 4) is 0 Å². The van der Waals surface area contributed by atoms with E-state index in [0.717, 1.165) is 6.07 Å². The van der Waals surface area contributed by atoms with Gasteiger partial charge in [-0.1, -0.05) is 11.6 Å². The molecule has 0 radical (unpaired) electrons. The molecule has 8 heteroatoms. The average Bonchev–Trinajstić information content (AvgIpc) is 2.84. The van der Waals surface area contributed by atoms with Crippen molar-refractivity contribution in [2.45, 2.75) is 0 Å². The molecular weight excluding hydrogens is 251 g/mol. The van der Waals surface area contributed by atoms with Gasteiger partial charge in [0.25, 0.3) is 0 Å². The smallest absolute Gasteiger partial charge is 0.341 e.